The summed E-state index contributed by atoms with van der Waals surface area (Å²) in [6, 6.07) is 0. The van der Waals surface area contributed by atoms with Gasteiger partial charge in [-0.15, -0.1) is 0 Å². The first-order valence-electron chi connectivity index (χ1n) is 13.6. The van der Waals surface area contributed by atoms with Crippen LogP contribution < -0.4 is 0 Å². The third-order valence-corrected chi connectivity index (χ3v) is 9.73. The fourth-order valence-electron chi connectivity index (χ4n) is 7.60. The fourth-order valence-corrected chi connectivity index (χ4v) is 7.60. The van der Waals surface area contributed by atoms with E-state index in [1.54, 1.807) is 31.2 Å². The van der Waals surface area contributed by atoms with Crippen molar-refractivity contribution in [3.05, 3.63) is 36.0 Å². The number of Topliss-reactive ketones (excluding diaryl/α,β-unsaturated/α-hetero) is 1. The number of alkyl halides is 1. The van der Waals surface area contributed by atoms with E-state index in [9.17, 15) is 19.2 Å². The summed E-state index contributed by atoms with van der Waals surface area (Å²) in [5.74, 6) is -2.68. The van der Waals surface area contributed by atoms with Crippen molar-refractivity contribution in [1.29, 1.82) is 0 Å². The predicted molar refractivity (Wildman–Crippen MR) is 136 cm³/mol. The van der Waals surface area contributed by atoms with Crippen LogP contribution in [-0.2, 0) is 28.7 Å². The number of hydrogen-bond acceptors (Lipinski definition) is 6. The zero-order valence-electron chi connectivity index (χ0n) is 22.6. The Bertz CT molecular complexity index is 1090. The van der Waals surface area contributed by atoms with E-state index < -0.39 is 58.3 Å². The van der Waals surface area contributed by atoms with Crippen molar-refractivity contribution in [2.45, 2.75) is 90.8 Å². The van der Waals surface area contributed by atoms with Crippen molar-refractivity contribution in [1.82, 2.24) is 0 Å². The lowest BCUT2D eigenvalue weighted by molar-refractivity contribution is -0.189. The van der Waals surface area contributed by atoms with Crippen LogP contribution >= 0.6 is 0 Å². The van der Waals surface area contributed by atoms with Crippen LogP contribution in [0.25, 0.3) is 0 Å². The Morgan fingerprint density at radius 2 is 1.81 bits per heavy atom. The van der Waals surface area contributed by atoms with Gasteiger partial charge in [-0.2, -0.15) is 0 Å². The molecule has 0 aromatic rings. The minimum absolute atomic E-state index is 0.126. The Morgan fingerprint density at radius 3 is 2.49 bits per heavy atom. The van der Waals surface area contributed by atoms with Crippen molar-refractivity contribution in [2.24, 2.45) is 28.6 Å². The van der Waals surface area contributed by atoms with Gasteiger partial charge in [-0.25, -0.2) is 4.39 Å². The molecular formula is C30H39FO6. The number of halogens is 1. The Morgan fingerprint density at radius 1 is 1.08 bits per heavy atom. The maximum atomic E-state index is 17.2. The van der Waals surface area contributed by atoms with Gasteiger partial charge >= 0.3 is 11.9 Å². The standard InChI is InChI=1S/C30H39FO6/c1-6-8-9-26(35)37-30(24(33)18-36-25(34)7-2)19(3)16-23-22-11-10-20-17-21(32)12-13-27(20,4)29(22,31)15-14-28(23,30)5/h12-15,17,19,22-23H,6-11,16,18H2,1-5H3/t19-,22-,23-,27-,28-,29+,30+/m0/s1. The highest BCUT2D eigenvalue weighted by Crippen LogP contribution is 2.69. The summed E-state index contributed by atoms with van der Waals surface area (Å²) in [6.45, 7) is 8.73. The van der Waals surface area contributed by atoms with Crippen LogP contribution in [0.15, 0.2) is 36.0 Å². The Balaban J connectivity index is 1.79. The molecule has 7 atom stereocenters. The average Bonchev–Trinajstić information content (AvgIpc) is 3.09. The van der Waals surface area contributed by atoms with Gasteiger partial charge in [0, 0.05) is 35.5 Å². The summed E-state index contributed by atoms with van der Waals surface area (Å²) in [5, 5.41) is 0. The monoisotopic (exact) mass is 514 g/mol. The molecular weight excluding hydrogens is 475 g/mol. The lowest BCUT2D eigenvalue weighted by atomic mass is 9.48. The summed E-state index contributed by atoms with van der Waals surface area (Å²) in [5.41, 5.74) is -4.47. The summed E-state index contributed by atoms with van der Waals surface area (Å²) >= 11 is 0. The van der Waals surface area contributed by atoms with Gasteiger partial charge in [0.1, 0.15) is 5.67 Å². The zero-order chi connectivity index (χ0) is 27.2. The molecule has 0 spiro atoms. The topological polar surface area (TPSA) is 86.7 Å². The highest BCUT2D eigenvalue weighted by molar-refractivity contribution is 6.01. The molecule has 4 rings (SSSR count). The van der Waals surface area contributed by atoms with Crippen LogP contribution in [0.1, 0.15) is 79.6 Å². The molecule has 6 nitrogen and oxygen atoms in total. The molecule has 0 amide bonds. The third-order valence-electron chi connectivity index (χ3n) is 9.73. The number of fused-ring (bicyclic) bond motifs is 5. The largest absolute Gasteiger partial charge is 0.457 e. The first kappa shape index (κ1) is 27.5. The maximum Gasteiger partial charge on any atom is 0.306 e. The van der Waals surface area contributed by atoms with Gasteiger partial charge in [-0.3, -0.25) is 19.2 Å². The van der Waals surface area contributed by atoms with Crippen LogP contribution in [0, 0.1) is 28.6 Å². The number of ketones is 2. The molecule has 0 N–H and O–H groups in total. The van der Waals surface area contributed by atoms with Gasteiger partial charge in [-0.05, 0) is 56.8 Å². The first-order valence-corrected chi connectivity index (χ1v) is 13.6. The number of esters is 2. The molecule has 4 aliphatic carbocycles. The summed E-state index contributed by atoms with van der Waals surface area (Å²) < 4.78 is 28.6. The van der Waals surface area contributed by atoms with Crippen molar-refractivity contribution in [3.63, 3.8) is 0 Å². The number of hydrogen-bond donors (Lipinski definition) is 0. The smallest absolute Gasteiger partial charge is 0.306 e. The fraction of sp³-hybridized carbons (Fsp3) is 0.667. The van der Waals surface area contributed by atoms with Gasteiger partial charge in [0.05, 0.1) is 0 Å². The Labute approximate surface area is 218 Å². The number of rotatable bonds is 8. The molecule has 4 aliphatic rings. The number of allylic oxidation sites excluding steroid dienone is 5. The minimum Gasteiger partial charge on any atom is -0.457 e. The normalized spacial score (nSPS) is 39.8. The van der Waals surface area contributed by atoms with E-state index in [-0.39, 0.29) is 24.5 Å². The molecule has 0 aliphatic heterocycles. The molecule has 0 radical (unpaired) electrons. The van der Waals surface area contributed by atoms with E-state index >= 15 is 4.39 Å². The molecule has 2 saturated carbocycles. The van der Waals surface area contributed by atoms with E-state index in [4.69, 9.17) is 9.47 Å². The Kier molecular flexibility index (Phi) is 7.15. The molecule has 202 valence electrons. The van der Waals surface area contributed by atoms with Crippen LogP contribution in [0.2, 0.25) is 0 Å². The SMILES string of the molecule is CCCCC(=O)O[C@@]1(C(=O)COC(=O)CC)[C@@H](C)C[C@H]2[C@@H]3CCC4=CC(=O)C=C[C@]4(C)[C@@]3(F)C=C[C@@]21C. The quantitative estimate of drug-likeness (QED) is 0.318. The second kappa shape index (κ2) is 9.63. The predicted octanol–water partition coefficient (Wildman–Crippen LogP) is 5.40. The molecule has 37 heavy (non-hydrogen) atoms. The van der Waals surface area contributed by atoms with E-state index in [0.29, 0.717) is 25.7 Å². The third kappa shape index (κ3) is 3.95. The number of carbonyl (C=O) groups is 4. The molecule has 0 aromatic heterocycles. The maximum absolute atomic E-state index is 17.2. The average molecular weight is 515 g/mol. The molecule has 7 heteroatoms. The second-order valence-corrected chi connectivity index (χ2v) is 11.6. The second-order valence-electron chi connectivity index (χ2n) is 11.6. The van der Waals surface area contributed by atoms with E-state index in [1.807, 2.05) is 27.7 Å². The van der Waals surface area contributed by atoms with Gasteiger partial charge in [0.15, 0.2) is 18.0 Å². The van der Waals surface area contributed by atoms with Crippen molar-refractivity contribution < 1.29 is 33.0 Å². The number of carbonyl (C=O) groups excluding carboxylic acids is 4. The highest BCUT2D eigenvalue weighted by atomic mass is 19.1. The van der Waals surface area contributed by atoms with Crippen molar-refractivity contribution >= 4 is 23.5 Å². The van der Waals surface area contributed by atoms with Gasteiger partial charge in [0.25, 0.3) is 0 Å². The van der Waals surface area contributed by atoms with E-state index in [1.165, 1.54) is 6.08 Å². The highest BCUT2D eigenvalue weighted by Gasteiger charge is 2.73. The number of unbranched alkanes of at least 4 members (excludes halogenated alkanes) is 1. The molecule has 2 fully saturated rings. The summed E-state index contributed by atoms with van der Waals surface area (Å²) in [4.78, 5) is 50.8. The summed E-state index contributed by atoms with van der Waals surface area (Å²) in [7, 11) is 0. The molecule has 0 saturated heterocycles. The number of ether oxygens (including phenoxy) is 2. The molecule has 0 aromatic carbocycles. The lowest BCUT2D eigenvalue weighted by Crippen LogP contribution is -2.63. The van der Waals surface area contributed by atoms with Gasteiger partial charge in [0.2, 0.25) is 5.78 Å². The molecule has 0 unspecified atom stereocenters. The Hall–Kier alpha value is -2.57. The van der Waals surface area contributed by atoms with E-state index in [0.717, 1.165) is 12.0 Å². The van der Waals surface area contributed by atoms with Crippen LogP contribution in [0.3, 0.4) is 0 Å². The van der Waals surface area contributed by atoms with Crippen molar-refractivity contribution in [3.8, 4) is 0 Å². The summed E-state index contributed by atoms with van der Waals surface area (Å²) in [6.07, 6.45) is 11.3. The van der Waals surface area contributed by atoms with Gasteiger partial charge in [-0.1, -0.05) is 51.8 Å². The van der Waals surface area contributed by atoms with Crippen molar-refractivity contribution in [2.75, 3.05) is 6.61 Å². The molecule has 0 heterocycles. The van der Waals surface area contributed by atoms with E-state index in [2.05, 4.69) is 0 Å². The first-order chi connectivity index (χ1) is 17.4. The molecule has 0 bridgehead atoms. The van der Waals surface area contributed by atoms with Gasteiger partial charge < -0.3 is 9.47 Å². The zero-order valence-corrected chi connectivity index (χ0v) is 22.6. The van der Waals surface area contributed by atoms with Crippen LogP contribution in [0.5, 0.6) is 0 Å². The lowest BCUT2D eigenvalue weighted by Gasteiger charge is -2.58. The minimum atomic E-state index is -1.75. The van der Waals surface area contributed by atoms with Crippen LogP contribution in [-0.4, -0.2) is 41.4 Å². The van der Waals surface area contributed by atoms with Crippen LogP contribution in [0.4, 0.5) is 4.39 Å².